The predicted molar refractivity (Wildman–Crippen MR) is 80.5 cm³/mol. The van der Waals surface area contributed by atoms with Crippen LogP contribution in [0.5, 0.6) is 0 Å². The van der Waals surface area contributed by atoms with Gasteiger partial charge in [-0.05, 0) is 42.8 Å². The highest BCUT2D eigenvalue weighted by Gasteiger charge is 2.12. The number of hydrogen-bond acceptors (Lipinski definition) is 4. The second kappa shape index (κ2) is 6.74. The molecule has 0 spiro atoms. The molecule has 0 unspecified atom stereocenters. The summed E-state index contributed by atoms with van der Waals surface area (Å²) in [7, 11) is 0. The number of ether oxygens (including phenoxy) is 1. The number of rotatable bonds is 5. The van der Waals surface area contributed by atoms with E-state index in [1.807, 2.05) is 0 Å². The fourth-order valence-corrected chi connectivity index (χ4v) is 1.89. The van der Waals surface area contributed by atoms with E-state index in [1.165, 1.54) is 12.1 Å². The van der Waals surface area contributed by atoms with Crippen molar-refractivity contribution in [2.75, 3.05) is 17.7 Å². The van der Waals surface area contributed by atoms with Crippen LogP contribution in [-0.4, -0.2) is 12.6 Å². The lowest BCUT2D eigenvalue weighted by Gasteiger charge is -2.12. The summed E-state index contributed by atoms with van der Waals surface area (Å²) in [6.07, 6.45) is 0. The molecule has 0 fully saturated rings. The van der Waals surface area contributed by atoms with Gasteiger partial charge in [-0.15, -0.1) is 0 Å². The summed E-state index contributed by atoms with van der Waals surface area (Å²) in [6, 6.07) is 11.2. The number of nitrogens with two attached hydrogens (primary N) is 1. The van der Waals surface area contributed by atoms with Crippen molar-refractivity contribution in [2.24, 2.45) is 0 Å². The first-order valence-corrected chi connectivity index (χ1v) is 6.65. The van der Waals surface area contributed by atoms with Crippen molar-refractivity contribution in [3.05, 3.63) is 59.4 Å². The lowest BCUT2D eigenvalue weighted by molar-refractivity contribution is 0.0527. The molecule has 2 aromatic carbocycles. The van der Waals surface area contributed by atoms with Crippen molar-refractivity contribution in [2.45, 2.75) is 13.5 Å². The normalized spacial score (nSPS) is 10.2. The highest BCUT2D eigenvalue weighted by molar-refractivity contribution is 5.96. The summed E-state index contributed by atoms with van der Waals surface area (Å²) in [5.74, 6) is -0.704. The van der Waals surface area contributed by atoms with Gasteiger partial charge in [-0.25, -0.2) is 9.18 Å². The molecule has 2 aromatic rings. The molecule has 2 rings (SSSR count). The van der Waals surface area contributed by atoms with Gasteiger partial charge in [-0.2, -0.15) is 0 Å². The van der Waals surface area contributed by atoms with Crippen LogP contribution in [-0.2, 0) is 11.3 Å². The molecule has 0 saturated heterocycles. The highest BCUT2D eigenvalue weighted by atomic mass is 19.1. The molecule has 0 saturated carbocycles. The third kappa shape index (κ3) is 3.95. The molecule has 4 nitrogen and oxygen atoms in total. The van der Waals surface area contributed by atoms with Crippen LogP contribution >= 0.6 is 0 Å². The summed E-state index contributed by atoms with van der Waals surface area (Å²) < 4.78 is 17.9. The molecule has 0 aromatic heterocycles. The number of nitrogens with one attached hydrogen (secondary N) is 1. The summed E-state index contributed by atoms with van der Waals surface area (Å²) in [5, 5.41) is 3.14. The summed E-state index contributed by atoms with van der Waals surface area (Å²) in [6.45, 7) is 2.51. The number of halogens is 1. The first-order valence-electron chi connectivity index (χ1n) is 6.65. The number of hydrogen-bond donors (Lipinski definition) is 2. The standard InChI is InChI=1S/C16H17FN2O2/c1-2-21-16(20)14-9-13(18)7-8-15(14)19-10-11-3-5-12(17)6-4-11/h3-9,19H,2,10,18H2,1H3. The minimum Gasteiger partial charge on any atom is -0.462 e. The van der Waals surface area contributed by atoms with Gasteiger partial charge in [0.1, 0.15) is 5.82 Å². The Labute approximate surface area is 122 Å². The van der Waals surface area contributed by atoms with Gasteiger partial charge in [0.25, 0.3) is 0 Å². The molecule has 0 bridgehead atoms. The van der Waals surface area contributed by atoms with Crippen molar-refractivity contribution in [1.29, 1.82) is 0 Å². The monoisotopic (exact) mass is 288 g/mol. The van der Waals surface area contributed by atoms with Gasteiger partial charge in [-0.1, -0.05) is 12.1 Å². The molecular weight excluding hydrogens is 271 g/mol. The van der Waals surface area contributed by atoms with E-state index in [1.54, 1.807) is 37.3 Å². The zero-order valence-corrected chi connectivity index (χ0v) is 11.7. The third-order valence-electron chi connectivity index (χ3n) is 2.94. The predicted octanol–water partition coefficient (Wildman–Crippen LogP) is 3.20. The molecule has 5 heteroatoms. The maximum Gasteiger partial charge on any atom is 0.340 e. The lowest BCUT2D eigenvalue weighted by Crippen LogP contribution is -2.10. The van der Waals surface area contributed by atoms with E-state index in [0.717, 1.165) is 5.56 Å². The Bertz CT molecular complexity index is 627. The van der Waals surface area contributed by atoms with Crippen LogP contribution in [0, 0.1) is 5.82 Å². The number of anilines is 2. The summed E-state index contributed by atoms with van der Waals surface area (Å²) in [5.41, 5.74) is 8.12. The van der Waals surface area contributed by atoms with Crippen LogP contribution < -0.4 is 11.1 Å². The van der Waals surface area contributed by atoms with Gasteiger partial charge in [0.15, 0.2) is 0 Å². The zero-order valence-electron chi connectivity index (χ0n) is 11.7. The number of benzene rings is 2. The van der Waals surface area contributed by atoms with Gasteiger partial charge >= 0.3 is 5.97 Å². The highest BCUT2D eigenvalue weighted by Crippen LogP contribution is 2.21. The third-order valence-corrected chi connectivity index (χ3v) is 2.94. The molecule has 0 atom stereocenters. The summed E-state index contributed by atoms with van der Waals surface area (Å²) >= 11 is 0. The quantitative estimate of drug-likeness (QED) is 0.655. The average Bonchev–Trinajstić information content (AvgIpc) is 2.48. The molecule has 0 amide bonds. The van der Waals surface area contributed by atoms with Crippen LogP contribution in [0.15, 0.2) is 42.5 Å². The molecule has 0 radical (unpaired) electrons. The number of carbonyl (C=O) groups excluding carboxylic acids is 1. The van der Waals surface area contributed by atoms with E-state index in [2.05, 4.69) is 5.32 Å². The molecule has 0 aliphatic heterocycles. The Balaban J connectivity index is 2.15. The Morgan fingerprint density at radius 3 is 2.62 bits per heavy atom. The minimum atomic E-state index is -0.425. The van der Waals surface area contributed by atoms with Crippen LogP contribution in [0.25, 0.3) is 0 Å². The second-order valence-electron chi connectivity index (χ2n) is 4.51. The van der Waals surface area contributed by atoms with Crippen molar-refractivity contribution in [1.82, 2.24) is 0 Å². The smallest absolute Gasteiger partial charge is 0.340 e. The summed E-state index contributed by atoms with van der Waals surface area (Å²) in [4.78, 5) is 11.9. The van der Waals surface area contributed by atoms with Gasteiger partial charge < -0.3 is 15.8 Å². The Kier molecular flexibility index (Phi) is 4.77. The maximum absolute atomic E-state index is 12.9. The second-order valence-corrected chi connectivity index (χ2v) is 4.51. The van der Waals surface area contributed by atoms with Gasteiger partial charge in [0.05, 0.1) is 12.2 Å². The van der Waals surface area contributed by atoms with Crippen LogP contribution in [0.4, 0.5) is 15.8 Å². The zero-order chi connectivity index (χ0) is 15.2. The lowest BCUT2D eigenvalue weighted by atomic mass is 10.1. The van der Waals surface area contributed by atoms with Gasteiger partial charge in [-0.3, -0.25) is 0 Å². The van der Waals surface area contributed by atoms with Crippen molar-refractivity contribution in [3.8, 4) is 0 Å². The first-order chi connectivity index (χ1) is 10.1. The fourth-order valence-electron chi connectivity index (χ4n) is 1.89. The average molecular weight is 288 g/mol. The first kappa shape index (κ1) is 14.8. The Hall–Kier alpha value is -2.56. The van der Waals surface area contributed by atoms with Gasteiger partial charge in [0.2, 0.25) is 0 Å². The molecule has 21 heavy (non-hydrogen) atoms. The van der Waals surface area contributed by atoms with Crippen LogP contribution in [0.2, 0.25) is 0 Å². The molecule has 3 N–H and O–H groups in total. The van der Waals surface area contributed by atoms with E-state index in [0.29, 0.717) is 30.1 Å². The van der Waals surface area contributed by atoms with E-state index in [4.69, 9.17) is 10.5 Å². The van der Waals surface area contributed by atoms with E-state index >= 15 is 0 Å². The van der Waals surface area contributed by atoms with E-state index in [-0.39, 0.29) is 5.82 Å². The van der Waals surface area contributed by atoms with Crippen molar-refractivity contribution in [3.63, 3.8) is 0 Å². The largest absolute Gasteiger partial charge is 0.462 e. The minimum absolute atomic E-state index is 0.279. The topological polar surface area (TPSA) is 64.3 Å². The molecule has 0 heterocycles. The van der Waals surface area contributed by atoms with Crippen LogP contribution in [0.3, 0.4) is 0 Å². The van der Waals surface area contributed by atoms with E-state index < -0.39 is 5.97 Å². The fraction of sp³-hybridized carbons (Fsp3) is 0.188. The Morgan fingerprint density at radius 1 is 1.24 bits per heavy atom. The molecule has 0 aliphatic rings. The molecule has 110 valence electrons. The van der Waals surface area contributed by atoms with E-state index in [9.17, 15) is 9.18 Å². The van der Waals surface area contributed by atoms with Crippen LogP contribution in [0.1, 0.15) is 22.8 Å². The number of nitrogen functional groups attached to an aromatic ring is 1. The van der Waals surface area contributed by atoms with Gasteiger partial charge in [0, 0.05) is 17.9 Å². The Morgan fingerprint density at radius 2 is 1.95 bits per heavy atom. The van der Waals surface area contributed by atoms with Crippen molar-refractivity contribution >= 4 is 17.3 Å². The van der Waals surface area contributed by atoms with Crippen molar-refractivity contribution < 1.29 is 13.9 Å². The molecular formula is C16H17FN2O2. The SMILES string of the molecule is CCOC(=O)c1cc(N)ccc1NCc1ccc(F)cc1. The number of esters is 1. The number of carbonyl (C=O) groups is 1. The maximum atomic E-state index is 12.9. The molecule has 0 aliphatic carbocycles.